The van der Waals surface area contributed by atoms with Gasteiger partial charge in [0.15, 0.2) is 10.8 Å². The summed E-state index contributed by atoms with van der Waals surface area (Å²) in [5.41, 5.74) is 2.31. The van der Waals surface area contributed by atoms with Crippen LogP contribution in [0, 0.1) is 28.6 Å². The normalized spacial score (nSPS) is 22.0. The molecule has 41 heavy (non-hydrogen) atoms. The highest BCUT2D eigenvalue weighted by Crippen LogP contribution is 2.50. The van der Waals surface area contributed by atoms with Crippen LogP contribution in [0.15, 0.2) is 34.2 Å². The molecule has 1 N–H and O–H groups in total. The number of thioether (sulfide) groups is 1. The maximum Gasteiger partial charge on any atom is 0.342 e. The van der Waals surface area contributed by atoms with Gasteiger partial charge in [-0.3, -0.25) is 4.98 Å². The summed E-state index contributed by atoms with van der Waals surface area (Å²) in [6.45, 7) is 16.2. The van der Waals surface area contributed by atoms with Gasteiger partial charge in [-0.25, -0.2) is 19.0 Å². The fourth-order valence-electron chi connectivity index (χ4n) is 6.42. The zero-order valence-corrected chi connectivity index (χ0v) is 27.7. The number of H-pyrrole nitrogens is 1. The van der Waals surface area contributed by atoms with Crippen molar-refractivity contribution in [3.63, 3.8) is 0 Å². The van der Waals surface area contributed by atoms with Crippen molar-refractivity contribution in [2.45, 2.75) is 79.1 Å². The summed E-state index contributed by atoms with van der Waals surface area (Å²) in [4.78, 5) is 37.7. The Labute approximate surface area is 253 Å². The van der Waals surface area contributed by atoms with Gasteiger partial charge < -0.3 is 9.64 Å². The molecule has 1 fully saturated rings. The van der Waals surface area contributed by atoms with Crippen molar-refractivity contribution in [1.29, 1.82) is 0 Å². The van der Waals surface area contributed by atoms with E-state index in [2.05, 4.69) is 53.5 Å². The summed E-state index contributed by atoms with van der Waals surface area (Å²) in [6.07, 6.45) is 3.57. The third-order valence-corrected chi connectivity index (χ3v) is 9.27. The first-order chi connectivity index (χ1) is 19.0. The summed E-state index contributed by atoms with van der Waals surface area (Å²) < 4.78 is 8.21. The number of aromatic amines is 1. The molecule has 0 spiro atoms. The van der Waals surface area contributed by atoms with E-state index in [1.54, 1.807) is 12.1 Å². The van der Waals surface area contributed by atoms with Crippen LogP contribution < -0.4 is 5.69 Å². The maximum atomic E-state index is 14.6. The van der Waals surface area contributed by atoms with Crippen LogP contribution in [0.3, 0.4) is 0 Å². The first-order valence-corrected chi connectivity index (χ1v) is 16.0. The van der Waals surface area contributed by atoms with Crippen LogP contribution in [0.2, 0.25) is 5.02 Å². The highest BCUT2D eigenvalue weighted by atomic mass is 35.5. The minimum atomic E-state index is -0.439. The summed E-state index contributed by atoms with van der Waals surface area (Å²) in [7, 11) is 3.87. The number of ether oxygens (including phenoxy) is 1. The Hall–Kier alpha value is -2.29. The topological polar surface area (TPSA) is 79.7 Å². The van der Waals surface area contributed by atoms with Crippen molar-refractivity contribution in [1.82, 2.24) is 19.3 Å². The van der Waals surface area contributed by atoms with Crippen LogP contribution in [-0.2, 0) is 11.3 Å². The highest BCUT2D eigenvalue weighted by Gasteiger charge is 2.48. The van der Waals surface area contributed by atoms with Crippen molar-refractivity contribution in [2.24, 2.45) is 28.6 Å². The molecule has 3 aromatic rings. The van der Waals surface area contributed by atoms with Gasteiger partial charge in [0.1, 0.15) is 11.7 Å². The number of fused-ring (bicyclic) bond motifs is 1. The Morgan fingerprint density at radius 3 is 2.15 bits per heavy atom. The van der Waals surface area contributed by atoms with Gasteiger partial charge in [0, 0.05) is 29.0 Å². The Morgan fingerprint density at radius 2 is 1.66 bits per heavy atom. The molecule has 4 rings (SSSR count). The number of aromatic nitrogens is 3. The van der Waals surface area contributed by atoms with Crippen molar-refractivity contribution >= 4 is 35.0 Å². The van der Waals surface area contributed by atoms with Crippen LogP contribution in [-0.4, -0.2) is 51.7 Å². The van der Waals surface area contributed by atoms with Crippen LogP contribution >= 0.6 is 23.4 Å². The summed E-state index contributed by atoms with van der Waals surface area (Å²) in [5, 5.41) is 1.04. The lowest BCUT2D eigenvalue weighted by Crippen LogP contribution is -2.49. The van der Waals surface area contributed by atoms with E-state index in [0.717, 1.165) is 18.4 Å². The number of hydrogen-bond acceptors (Lipinski definition) is 6. The Balaban J connectivity index is 1.99. The Bertz CT molecular complexity index is 1440. The van der Waals surface area contributed by atoms with E-state index in [1.807, 2.05) is 37.4 Å². The number of hydrogen-bond donors (Lipinski definition) is 1. The van der Waals surface area contributed by atoms with Gasteiger partial charge in [-0.05, 0) is 67.6 Å². The van der Waals surface area contributed by atoms with E-state index >= 15 is 0 Å². The minimum Gasteiger partial charge on any atom is -0.458 e. The number of benzene rings is 1. The third kappa shape index (κ3) is 6.55. The van der Waals surface area contributed by atoms with E-state index in [-0.39, 0.29) is 34.5 Å². The van der Waals surface area contributed by atoms with Crippen molar-refractivity contribution in [3.05, 3.63) is 51.0 Å². The summed E-state index contributed by atoms with van der Waals surface area (Å²) >= 11 is 7.58. The molecular weight excluding hydrogens is 556 g/mol. The largest absolute Gasteiger partial charge is 0.458 e. The Morgan fingerprint density at radius 1 is 1.10 bits per heavy atom. The van der Waals surface area contributed by atoms with E-state index in [4.69, 9.17) is 21.3 Å². The number of carbonyl (C=O) groups excluding carboxylic acids is 1. The van der Waals surface area contributed by atoms with Gasteiger partial charge in [-0.1, -0.05) is 84.0 Å². The molecule has 0 radical (unpaired) electrons. The number of esters is 1. The second-order valence-corrected chi connectivity index (χ2v) is 15.3. The molecule has 1 aromatic carbocycles. The fraction of sp³-hybridized carbons (Fsp3) is 0.594. The number of rotatable bonds is 6. The zero-order chi connectivity index (χ0) is 30.4. The van der Waals surface area contributed by atoms with Gasteiger partial charge in [0.2, 0.25) is 0 Å². The second-order valence-electron chi connectivity index (χ2n) is 14.0. The average molecular weight is 601 g/mol. The molecule has 9 heteroatoms. The van der Waals surface area contributed by atoms with Gasteiger partial charge in [-0.15, -0.1) is 0 Å². The van der Waals surface area contributed by atoms with Crippen LogP contribution in [0.5, 0.6) is 0 Å². The van der Waals surface area contributed by atoms with Crippen LogP contribution in [0.1, 0.15) is 77.4 Å². The molecule has 1 aliphatic rings. The number of halogens is 1. The van der Waals surface area contributed by atoms with E-state index < -0.39 is 5.97 Å². The van der Waals surface area contributed by atoms with Crippen molar-refractivity contribution in [2.75, 3.05) is 20.4 Å². The quantitative estimate of drug-likeness (QED) is 0.234. The zero-order valence-electron chi connectivity index (χ0n) is 26.1. The van der Waals surface area contributed by atoms with Crippen molar-refractivity contribution < 1.29 is 9.53 Å². The molecule has 2 unspecified atom stereocenters. The van der Waals surface area contributed by atoms with E-state index in [0.29, 0.717) is 45.1 Å². The van der Waals surface area contributed by atoms with Gasteiger partial charge >= 0.3 is 11.7 Å². The smallest absolute Gasteiger partial charge is 0.342 e. The molecule has 0 amide bonds. The molecule has 1 aliphatic carbocycles. The first-order valence-electron chi connectivity index (χ1n) is 14.4. The van der Waals surface area contributed by atoms with Crippen molar-refractivity contribution in [3.8, 4) is 11.1 Å². The molecule has 0 aliphatic heterocycles. The third-order valence-electron chi connectivity index (χ3n) is 8.44. The second kappa shape index (κ2) is 11.8. The van der Waals surface area contributed by atoms with E-state index in [1.165, 1.54) is 16.2 Å². The number of nitrogens with one attached hydrogen (secondary N) is 1. The first kappa shape index (κ1) is 31.6. The molecular formula is C32H45ClN4O3S. The fourth-order valence-corrected chi connectivity index (χ4v) is 6.92. The van der Waals surface area contributed by atoms with E-state index in [9.17, 15) is 9.59 Å². The molecule has 2 atom stereocenters. The Kier molecular flexibility index (Phi) is 9.08. The lowest BCUT2D eigenvalue weighted by molar-refractivity contribution is -0.0922. The molecule has 7 nitrogen and oxygen atoms in total. The monoisotopic (exact) mass is 600 g/mol. The molecule has 0 saturated heterocycles. The lowest BCUT2D eigenvalue weighted by atomic mass is 9.59. The number of carbonyl (C=O) groups is 1. The molecule has 1 saturated carbocycles. The highest BCUT2D eigenvalue weighted by molar-refractivity contribution is 7.98. The number of nitrogens with zero attached hydrogens (tertiary/aromatic N) is 3. The van der Waals surface area contributed by atoms with Gasteiger partial charge in [-0.2, -0.15) is 0 Å². The minimum absolute atomic E-state index is 0.0531. The maximum absolute atomic E-state index is 14.6. The standard InChI is InChI=1S/C32H45ClN4O3S/c1-18-15-21(31(2,3)4)26(22(16-18)32(5,6)7)40-28(38)25-24(19-11-13-20(33)14-12-19)23(17-36(8)9)37-27(25)34-29(41-10)35-30(37)39/h11-14,18,21-22,26H,15-17H2,1-10H3,(H,34,35,39). The predicted octanol–water partition coefficient (Wildman–Crippen LogP) is 7.41. The van der Waals surface area contributed by atoms with Gasteiger partial charge in [0.05, 0.1) is 5.69 Å². The lowest BCUT2D eigenvalue weighted by Gasteiger charge is -2.50. The molecule has 0 bridgehead atoms. The molecule has 2 aromatic heterocycles. The summed E-state index contributed by atoms with van der Waals surface area (Å²) in [6, 6.07) is 7.36. The van der Waals surface area contributed by atoms with Crippen LogP contribution in [0.25, 0.3) is 16.8 Å². The molecule has 224 valence electrons. The summed E-state index contributed by atoms with van der Waals surface area (Å²) in [5.74, 6) is 0.471. The average Bonchev–Trinajstić information content (AvgIpc) is 3.17. The van der Waals surface area contributed by atoms with Gasteiger partial charge in [0.25, 0.3) is 0 Å². The molecule has 2 heterocycles. The predicted molar refractivity (Wildman–Crippen MR) is 169 cm³/mol. The SMILES string of the molecule is CSc1nc2c(C(=O)OC3C(C(C)(C)C)CC(C)CC3C(C)(C)C)c(-c3ccc(Cl)cc3)c(CN(C)C)n2c(=O)[nH]1. The van der Waals surface area contributed by atoms with Crippen LogP contribution in [0.4, 0.5) is 0 Å².